The fourth-order valence-corrected chi connectivity index (χ4v) is 4.82. The Kier molecular flexibility index (Phi) is 5.47. The number of hydrogen-bond acceptors (Lipinski definition) is 7. The molecular formula is C22H18FN5O4S. The maximum absolute atomic E-state index is 14.3. The van der Waals surface area contributed by atoms with E-state index < -0.39 is 10.7 Å². The molecule has 0 atom stereocenters. The molecule has 0 bridgehead atoms. The molecule has 0 spiro atoms. The fourth-order valence-electron chi connectivity index (χ4n) is 3.75. The van der Waals surface area contributed by atoms with Gasteiger partial charge in [-0.25, -0.2) is 9.37 Å². The summed E-state index contributed by atoms with van der Waals surface area (Å²) < 4.78 is 20.7. The van der Waals surface area contributed by atoms with Crippen molar-refractivity contribution in [1.82, 2.24) is 19.9 Å². The lowest BCUT2D eigenvalue weighted by atomic mass is 10.3. The molecule has 1 fully saturated rings. The molecule has 1 amide bonds. The number of H-pyrrole nitrogens is 1. The number of rotatable bonds is 7. The third-order valence-corrected chi connectivity index (χ3v) is 6.47. The molecule has 33 heavy (non-hydrogen) atoms. The van der Waals surface area contributed by atoms with Crippen molar-refractivity contribution in [2.24, 2.45) is 0 Å². The van der Waals surface area contributed by atoms with Gasteiger partial charge in [0.1, 0.15) is 11.6 Å². The van der Waals surface area contributed by atoms with Crippen molar-refractivity contribution in [3.05, 3.63) is 75.1 Å². The molecule has 4 heterocycles. The second kappa shape index (κ2) is 8.58. The summed E-state index contributed by atoms with van der Waals surface area (Å²) in [6, 6.07) is 6.81. The van der Waals surface area contributed by atoms with E-state index in [-0.39, 0.29) is 17.3 Å². The highest BCUT2D eigenvalue weighted by Gasteiger charge is 2.21. The molecule has 9 nitrogen and oxygen atoms in total. The summed E-state index contributed by atoms with van der Waals surface area (Å²) in [5.74, 6) is 0.434. The van der Waals surface area contributed by atoms with E-state index in [9.17, 15) is 19.3 Å². The molecule has 168 valence electrons. The second-order valence-electron chi connectivity index (χ2n) is 7.66. The number of nitro benzene ring substituents is 1. The number of non-ortho nitro benzene ring substituents is 1. The average molecular weight is 467 g/mol. The number of carbonyl (C=O) groups is 1. The van der Waals surface area contributed by atoms with Crippen LogP contribution in [0.1, 0.15) is 29.2 Å². The summed E-state index contributed by atoms with van der Waals surface area (Å²) in [5.41, 5.74) is 1.24. The van der Waals surface area contributed by atoms with Gasteiger partial charge < -0.3 is 14.6 Å². The number of imidazole rings is 1. The SMILES string of the molecule is O=C1CCCN1Cc1cnc(Cc2cc3nccc(Oc4ccc([N+](=O)[O-])cc4F)c3s2)[nH]1. The van der Waals surface area contributed by atoms with Gasteiger partial charge in [-0.2, -0.15) is 0 Å². The minimum absolute atomic E-state index is 0.102. The van der Waals surface area contributed by atoms with Gasteiger partial charge in [0.25, 0.3) is 5.69 Å². The Morgan fingerprint density at radius 1 is 1.24 bits per heavy atom. The van der Waals surface area contributed by atoms with Crippen molar-refractivity contribution in [3.63, 3.8) is 0 Å². The highest BCUT2D eigenvalue weighted by atomic mass is 32.1. The molecule has 3 aromatic heterocycles. The molecule has 1 N–H and O–H groups in total. The molecule has 11 heteroatoms. The zero-order chi connectivity index (χ0) is 22.9. The number of aromatic nitrogens is 3. The third-order valence-electron chi connectivity index (χ3n) is 5.33. The molecule has 1 aliphatic heterocycles. The molecule has 0 aliphatic carbocycles. The smallest absolute Gasteiger partial charge is 0.272 e. The van der Waals surface area contributed by atoms with E-state index in [4.69, 9.17) is 4.74 Å². The molecule has 5 rings (SSSR count). The van der Waals surface area contributed by atoms with Crippen LogP contribution in [0.4, 0.5) is 10.1 Å². The molecule has 0 radical (unpaired) electrons. The Bertz CT molecular complexity index is 1370. The van der Waals surface area contributed by atoms with Gasteiger partial charge >= 0.3 is 0 Å². The zero-order valence-corrected chi connectivity index (χ0v) is 18.1. The van der Waals surface area contributed by atoms with Crippen LogP contribution in [-0.4, -0.2) is 37.2 Å². The minimum Gasteiger partial charge on any atom is -0.453 e. The maximum Gasteiger partial charge on any atom is 0.272 e. The van der Waals surface area contributed by atoms with Gasteiger partial charge in [-0.3, -0.25) is 19.9 Å². The molecule has 1 saturated heterocycles. The Morgan fingerprint density at radius 3 is 2.88 bits per heavy atom. The summed E-state index contributed by atoms with van der Waals surface area (Å²) >= 11 is 1.45. The normalized spacial score (nSPS) is 13.7. The summed E-state index contributed by atoms with van der Waals surface area (Å²) in [6.07, 6.45) is 5.35. The van der Waals surface area contributed by atoms with Gasteiger partial charge in [-0.15, -0.1) is 11.3 Å². The first-order valence-electron chi connectivity index (χ1n) is 10.3. The van der Waals surface area contributed by atoms with Crippen LogP contribution in [0.2, 0.25) is 0 Å². The first-order valence-corrected chi connectivity index (χ1v) is 11.1. The highest BCUT2D eigenvalue weighted by Crippen LogP contribution is 2.36. The number of fused-ring (bicyclic) bond motifs is 1. The lowest BCUT2D eigenvalue weighted by Gasteiger charge is -2.13. The Balaban J connectivity index is 1.34. The lowest BCUT2D eigenvalue weighted by Crippen LogP contribution is -2.23. The van der Waals surface area contributed by atoms with Crippen molar-refractivity contribution in [2.75, 3.05) is 6.54 Å². The maximum atomic E-state index is 14.3. The fraction of sp³-hybridized carbons (Fsp3) is 0.227. The van der Waals surface area contributed by atoms with E-state index in [1.807, 2.05) is 11.0 Å². The summed E-state index contributed by atoms with van der Waals surface area (Å²) in [4.78, 5) is 36.9. The molecule has 1 aliphatic rings. The first-order chi connectivity index (χ1) is 16.0. The quantitative estimate of drug-likeness (QED) is 0.315. The number of nitrogens with one attached hydrogen (secondary N) is 1. The average Bonchev–Trinajstić information content (AvgIpc) is 3.51. The number of hydrogen-bond donors (Lipinski definition) is 1. The van der Waals surface area contributed by atoms with Crippen LogP contribution in [0.3, 0.4) is 0 Å². The number of halogens is 1. The summed E-state index contributed by atoms with van der Waals surface area (Å²) in [6.45, 7) is 1.30. The van der Waals surface area contributed by atoms with Crippen molar-refractivity contribution in [2.45, 2.75) is 25.8 Å². The predicted octanol–water partition coefficient (Wildman–Crippen LogP) is 4.57. The van der Waals surface area contributed by atoms with E-state index in [1.165, 1.54) is 23.5 Å². The standard InChI is InChI=1S/C22H18FN5O4S/c23-16-8-14(28(30)31)3-4-18(16)32-19-5-6-24-17-9-15(33-22(17)19)10-20-25-11-13(26-20)12-27-7-1-2-21(27)29/h3-6,8-9,11H,1-2,7,10,12H2,(H,25,26). The topological polar surface area (TPSA) is 114 Å². The largest absolute Gasteiger partial charge is 0.453 e. The Hall–Kier alpha value is -3.86. The van der Waals surface area contributed by atoms with Crippen LogP contribution < -0.4 is 4.74 Å². The number of likely N-dealkylation sites (tertiary alicyclic amines) is 1. The van der Waals surface area contributed by atoms with Crippen molar-refractivity contribution in [3.8, 4) is 11.5 Å². The number of nitrogens with zero attached hydrogens (tertiary/aromatic N) is 4. The number of ether oxygens (including phenoxy) is 1. The Morgan fingerprint density at radius 2 is 2.12 bits per heavy atom. The molecule has 0 saturated carbocycles. The highest BCUT2D eigenvalue weighted by molar-refractivity contribution is 7.19. The number of amides is 1. The molecule has 0 unspecified atom stereocenters. The van der Waals surface area contributed by atoms with Gasteiger partial charge in [0.05, 0.1) is 39.6 Å². The van der Waals surface area contributed by atoms with Gasteiger partial charge in [0, 0.05) is 42.6 Å². The monoisotopic (exact) mass is 467 g/mol. The first kappa shape index (κ1) is 21.0. The minimum atomic E-state index is -0.814. The summed E-state index contributed by atoms with van der Waals surface area (Å²) in [7, 11) is 0. The van der Waals surface area contributed by atoms with Crippen LogP contribution in [0.25, 0.3) is 10.2 Å². The number of benzene rings is 1. The number of thiophene rings is 1. The van der Waals surface area contributed by atoms with Crippen LogP contribution in [0.15, 0.2) is 42.7 Å². The zero-order valence-electron chi connectivity index (χ0n) is 17.3. The molecular weight excluding hydrogens is 449 g/mol. The number of pyridine rings is 1. The summed E-state index contributed by atoms with van der Waals surface area (Å²) in [5, 5.41) is 10.8. The van der Waals surface area contributed by atoms with E-state index >= 15 is 0 Å². The number of nitro groups is 1. The van der Waals surface area contributed by atoms with Gasteiger partial charge in [-0.05, 0) is 18.6 Å². The number of aromatic amines is 1. The van der Waals surface area contributed by atoms with Gasteiger partial charge in [-0.1, -0.05) is 0 Å². The van der Waals surface area contributed by atoms with E-state index in [2.05, 4.69) is 15.0 Å². The van der Waals surface area contributed by atoms with Gasteiger partial charge in [0.15, 0.2) is 11.6 Å². The van der Waals surface area contributed by atoms with Crippen LogP contribution in [-0.2, 0) is 17.8 Å². The predicted molar refractivity (Wildman–Crippen MR) is 119 cm³/mol. The van der Waals surface area contributed by atoms with E-state index in [1.54, 1.807) is 18.5 Å². The third kappa shape index (κ3) is 4.40. The van der Waals surface area contributed by atoms with Crippen LogP contribution in [0.5, 0.6) is 11.5 Å². The van der Waals surface area contributed by atoms with Crippen LogP contribution >= 0.6 is 11.3 Å². The van der Waals surface area contributed by atoms with Crippen molar-refractivity contribution in [1.29, 1.82) is 0 Å². The molecule has 4 aromatic rings. The molecule has 1 aromatic carbocycles. The van der Waals surface area contributed by atoms with Crippen molar-refractivity contribution < 1.29 is 18.8 Å². The second-order valence-corrected chi connectivity index (χ2v) is 8.80. The van der Waals surface area contributed by atoms with E-state index in [0.29, 0.717) is 30.7 Å². The van der Waals surface area contributed by atoms with Crippen LogP contribution in [0, 0.1) is 15.9 Å². The lowest BCUT2D eigenvalue weighted by molar-refractivity contribution is -0.385. The Labute approximate surface area is 191 Å². The van der Waals surface area contributed by atoms with Crippen molar-refractivity contribution >= 4 is 33.1 Å². The van der Waals surface area contributed by atoms with E-state index in [0.717, 1.165) is 40.1 Å². The van der Waals surface area contributed by atoms with Gasteiger partial charge in [0.2, 0.25) is 5.91 Å². The number of carbonyl (C=O) groups excluding carboxylic acids is 1.